The number of fused-ring (bicyclic) bond motifs is 1. The lowest BCUT2D eigenvalue weighted by atomic mass is 9.88. The first-order chi connectivity index (χ1) is 15.8. The Morgan fingerprint density at radius 2 is 1.16 bits per heavy atom. The highest BCUT2D eigenvalue weighted by Gasteiger charge is 2.17. The molecule has 7 aromatic rings. The molecule has 1 heterocycles. The lowest BCUT2D eigenvalue weighted by molar-refractivity contribution is 0.961. The van der Waals surface area contributed by atoms with E-state index in [0.29, 0.717) is 0 Å². The molecule has 0 aliphatic rings. The molecule has 0 spiro atoms. The highest BCUT2D eigenvalue weighted by Crippen LogP contribution is 2.42. The average molecular weight is 409 g/mol. The molecule has 0 radical (unpaired) electrons. The zero-order chi connectivity index (χ0) is 21.2. The van der Waals surface area contributed by atoms with Gasteiger partial charge >= 0.3 is 0 Å². The highest BCUT2D eigenvalue weighted by atomic mass is 15.1. The van der Waals surface area contributed by atoms with Crippen LogP contribution >= 0.6 is 0 Å². The quantitative estimate of drug-likeness (QED) is 0.267. The number of para-hydroxylation sites is 2. The third-order valence-corrected chi connectivity index (χ3v) is 6.78. The van der Waals surface area contributed by atoms with E-state index in [0.717, 1.165) is 16.9 Å². The third kappa shape index (κ3) is 2.32. The molecule has 0 saturated heterocycles. The normalized spacial score (nSPS) is 11.9. The van der Waals surface area contributed by atoms with Crippen molar-refractivity contribution in [2.24, 2.45) is 7.05 Å². The van der Waals surface area contributed by atoms with E-state index in [-0.39, 0.29) is 0 Å². The van der Waals surface area contributed by atoms with Gasteiger partial charge in [-0.2, -0.15) is 0 Å². The molecule has 7 rings (SSSR count). The lowest BCUT2D eigenvalue weighted by Crippen LogP contribution is -1.94. The standard InChI is InChI=1S/C30H20N2/c1-32-27-10-6-5-9-26(27)31-30(32)25-18-14-21-12-16-23-22(19-7-3-2-4-8-19)15-11-20-13-17-24(25)29(21)28(20)23/h2-18H,1H3. The largest absolute Gasteiger partial charge is 0.327 e. The molecule has 1 aromatic heterocycles. The first-order valence-electron chi connectivity index (χ1n) is 11.0. The molecule has 0 saturated carbocycles. The molecule has 0 amide bonds. The lowest BCUT2D eigenvalue weighted by Gasteiger charge is -2.16. The summed E-state index contributed by atoms with van der Waals surface area (Å²) in [6.45, 7) is 0. The SMILES string of the molecule is Cn1c(-c2ccc3ccc4c(-c5ccccc5)ccc5ccc2c3c54)nc2ccccc21. The van der Waals surface area contributed by atoms with Crippen molar-refractivity contribution in [1.29, 1.82) is 0 Å². The van der Waals surface area contributed by atoms with Gasteiger partial charge in [0.15, 0.2) is 0 Å². The molecule has 0 N–H and O–H groups in total. The maximum Gasteiger partial charge on any atom is 0.141 e. The summed E-state index contributed by atoms with van der Waals surface area (Å²) in [7, 11) is 2.11. The first kappa shape index (κ1) is 17.5. The van der Waals surface area contributed by atoms with E-state index >= 15 is 0 Å². The van der Waals surface area contributed by atoms with Crippen LogP contribution in [0.3, 0.4) is 0 Å². The highest BCUT2D eigenvalue weighted by molar-refractivity contribution is 6.27. The molecule has 0 aliphatic heterocycles. The van der Waals surface area contributed by atoms with E-state index in [2.05, 4.69) is 109 Å². The molecule has 0 atom stereocenters. The van der Waals surface area contributed by atoms with Gasteiger partial charge in [0.2, 0.25) is 0 Å². The summed E-state index contributed by atoms with van der Waals surface area (Å²) in [5.74, 6) is 1.01. The van der Waals surface area contributed by atoms with Gasteiger partial charge in [-0.15, -0.1) is 0 Å². The summed E-state index contributed by atoms with van der Waals surface area (Å²) in [5, 5.41) is 7.76. The first-order valence-corrected chi connectivity index (χ1v) is 11.0. The summed E-state index contributed by atoms with van der Waals surface area (Å²) in [5.41, 5.74) is 5.89. The van der Waals surface area contributed by atoms with Gasteiger partial charge in [0.05, 0.1) is 11.0 Å². The Morgan fingerprint density at radius 1 is 0.562 bits per heavy atom. The molecule has 6 aromatic carbocycles. The van der Waals surface area contributed by atoms with Gasteiger partial charge in [-0.25, -0.2) is 4.98 Å². The number of benzene rings is 6. The number of aryl methyl sites for hydroxylation is 1. The van der Waals surface area contributed by atoms with Gasteiger partial charge in [-0.1, -0.05) is 91.0 Å². The summed E-state index contributed by atoms with van der Waals surface area (Å²) < 4.78 is 2.21. The summed E-state index contributed by atoms with van der Waals surface area (Å²) in [6.07, 6.45) is 0. The third-order valence-electron chi connectivity index (χ3n) is 6.78. The topological polar surface area (TPSA) is 17.8 Å². The van der Waals surface area contributed by atoms with E-state index in [1.54, 1.807) is 0 Å². The van der Waals surface area contributed by atoms with Crippen molar-refractivity contribution < 1.29 is 0 Å². The van der Waals surface area contributed by atoms with Gasteiger partial charge in [0.25, 0.3) is 0 Å². The van der Waals surface area contributed by atoms with E-state index < -0.39 is 0 Å². The number of rotatable bonds is 2. The predicted octanol–water partition coefficient (Wildman–Crippen LogP) is 7.80. The molecule has 2 nitrogen and oxygen atoms in total. The average Bonchev–Trinajstić information content (AvgIpc) is 3.19. The number of hydrogen-bond donors (Lipinski definition) is 0. The molecular formula is C30H20N2. The second-order valence-corrected chi connectivity index (χ2v) is 8.50. The molecule has 0 bridgehead atoms. The molecule has 0 fully saturated rings. The fourth-order valence-corrected chi connectivity index (χ4v) is 5.25. The minimum absolute atomic E-state index is 1.01. The van der Waals surface area contributed by atoms with E-state index in [1.807, 2.05) is 6.07 Å². The smallest absolute Gasteiger partial charge is 0.141 e. The van der Waals surface area contributed by atoms with Crippen LogP contribution in [0.2, 0.25) is 0 Å². The zero-order valence-electron chi connectivity index (χ0n) is 17.7. The van der Waals surface area contributed by atoms with Crippen LogP contribution in [-0.2, 0) is 7.05 Å². The number of nitrogens with zero attached hydrogens (tertiary/aromatic N) is 2. The monoisotopic (exact) mass is 408 g/mol. The Labute approximate surface area is 185 Å². The fraction of sp³-hybridized carbons (Fsp3) is 0.0333. The van der Waals surface area contributed by atoms with E-state index in [1.165, 1.54) is 49.0 Å². The van der Waals surface area contributed by atoms with Crippen molar-refractivity contribution in [3.05, 3.63) is 103 Å². The van der Waals surface area contributed by atoms with Crippen LogP contribution in [0.5, 0.6) is 0 Å². The molecule has 2 heteroatoms. The second kappa shape index (κ2) is 6.41. The van der Waals surface area contributed by atoms with E-state index in [9.17, 15) is 0 Å². The molecule has 150 valence electrons. The van der Waals surface area contributed by atoms with E-state index in [4.69, 9.17) is 4.98 Å². The summed E-state index contributed by atoms with van der Waals surface area (Å²) in [4.78, 5) is 4.99. The van der Waals surface area contributed by atoms with Crippen LogP contribution in [0.25, 0.3) is 65.9 Å². The zero-order valence-corrected chi connectivity index (χ0v) is 17.7. The molecule has 0 aliphatic carbocycles. The molecule has 0 unspecified atom stereocenters. The number of hydrogen-bond acceptors (Lipinski definition) is 1. The van der Waals surface area contributed by atoms with Gasteiger partial charge in [-0.05, 0) is 55.6 Å². The Morgan fingerprint density at radius 3 is 1.88 bits per heavy atom. The fourth-order valence-electron chi connectivity index (χ4n) is 5.25. The van der Waals surface area contributed by atoms with Crippen molar-refractivity contribution in [3.8, 4) is 22.5 Å². The van der Waals surface area contributed by atoms with Gasteiger partial charge < -0.3 is 4.57 Å². The summed E-state index contributed by atoms with van der Waals surface area (Å²) in [6, 6.07) is 37.0. The second-order valence-electron chi connectivity index (χ2n) is 8.50. The van der Waals surface area contributed by atoms with Crippen molar-refractivity contribution in [3.63, 3.8) is 0 Å². The maximum atomic E-state index is 4.99. The van der Waals surface area contributed by atoms with Crippen LogP contribution in [0.15, 0.2) is 103 Å². The molecule has 32 heavy (non-hydrogen) atoms. The predicted molar refractivity (Wildman–Crippen MR) is 135 cm³/mol. The van der Waals surface area contributed by atoms with Crippen LogP contribution in [0, 0.1) is 0 Å². The van der Waals surface area contributed by atoms with Crippen LogP contribution in [0.4, 0.5) is 0 Å². The molecular weight excluding hydrogens is 388 g/mol. The van der Waals surface area contributed by atoms with Crippen molar-refractivity contribution in [1.82, 2.24) is 9.55 Å². The van der Waals surface area contributed by atoms with Crippen molar-refractivity contribution in [2.45, 2.75) is 0 Å². The number of imidazole rings is 1. The van der Waals surface area contributed by atoms with Crippen molar-refractivity contribution >= 4 is 43.4 Å². The Hall–Kier alpha value is -4.17. The van der Waals surface area contributed by atoms with Crippen LogP contribution in [0.1, 0.15) is 0 Å². The Bertz CT molecular complexity index is 1770. The summed E-state index contributed by atoms with van der Waals surface area (Å²) >= 11 is 0. The number of aromatic nitrogens is 2. The van der Waals surface area contributed by atoms with Gasteiger partial charge in [0, 0.05) is 12.6 Å². The minimum Gasteiger partial charge on any atom is -0.327 e. The van der Waals surface area contributed by atoms with Crippen molar-refractivity contribution in [2.75, 3.05) is 0 Å². The van der Waals surface area contributed by atoms with Gasteiger partial charge in [-0.3, -0.25) is 0 Å². The van der Waals surface area contributed by atoms with Crippen LogP contribution in [-0.4, -0.2) is 9.55 Å². The van der Waals surface area contributed by atoms with Crippen LogP contribution < -0.4 is 0 Å². The minimum atomic E-state index is 1.01. The Kier molecular flexibility index (Phi) is 3.51. The van der Waals surface area contributed by atoms with Gasteiger partial charge in [0.1, 0.15) is 5.82 Å². The Balaban J connectivity index is 1.60. The maximum absolute atomic E-state index is 4.99.